The van der Waals surface area contributed by atoms with Crippen LogP contribution in [-0.4, -0.2) is 51.0 Å². The molecule has 1 atom stereocenters. The topological polar surface area (TPSA) is 65.9 Å². The SMILES string of the molecule is CN=C(NCC1CCC(C)CC1)NCC1(CCO)CCOC1. The number of nitrogens with zero attached hydrogens (tertiary/aromatic N) is 1. The lowest BCUT2D eigenvalue weighted by molar-refractivity contribution is 0.127. The van der Waals surface area contributed by atoms with Gasteiger partial charge in [0.1, 0.15) is 0 Å². The summed E-state index contributed by atoms with van der Waals surface area (Å²) in [6.07, 6.45) is 7.17. The largest absolute Gasteiger partial charge is 0.396 e. The minimum atomic E-state index is 0.0621. The second-order valence-corrected chi connectivity index (χ2v) is 7.21. The molecule has 0 radical (unpaired) electrons. The Kier molecular flexibility index (Phi) is 6.96. The lowest BCUT2D eigenvalue weighted by Gasteiger charge is -2.29. The summed E-state index contributed by atoms with van der Waals surface area (Å²) in [6.45, 7) is 5.93. The third-order valence-corrected chi connectivity index (χ3v) is 5.38. The molecule has 0 amide bonds. The molecule has 2 fully saturated rings. The van der Waals surface area contributed by atoms with E-state index in [4.69, 9.17) is 4.74 Å². The lowest BCUT2D eigenvalue weighted by Crippen LogP contribution is -2.45. The first kappa shape index (κ1) is 17.5. The fourth-order valence-electron chi connectivity index (χ4n) is 3.58. The summed E-state index contributed by atoms with van der Waals surface area (Å²) in [6, 6.07) is 0. The van der Waals surface area contributed by atoms with Crippen molar-refractivity contribution in [1.29, 1.82) is 0 Å². The van der Waals surface area contributed by atoms with E-state index >= 15 is 0 Å². The number of aliphatic hydroxyl groups is 1. The number of nitrogens with one attached hydrogen (secondary N) is 2. The van der Waals surface area contributed by atoms with Gasteiger partial charge in [-0.1, -0.05) is 19.8 Å². The van der Waals surface area contributed by atoms with Gasteiger partial charge in [-0.05, 0) is 37.5 Å². The monoisotopic (exact) mass is 311 g/mol. The molecule has 0 aromatic heterocycles. The summed E-state index contributed by atoms with van der Waals surface area (Å²) < 4.78 is 5.53. The highest BCUT2D eigenvalue weighted by molar-refractivity contribution is 5.79. The first-order chi connectivity index (χ1) is 10.7. The maximum atomic E-state index is 9.28. The highest BCUT2D eigenvalue weighted by Crippen LogP contribution is 2.31. The molecule has 0 spiro atoms. The average Bonchev–Trinajstić information content (AvgIpc) is 2.98. The fraction of sp³-hybridized carbons (Fsp3) is 0.941. The summed E-state index contributed by atoms with van der Waals surface area (Å²) in [4.78, 5) is 4.33. The van der Waals surface area contributed by atoms with Gasteiger partial charge in [0.2, 0.25) is 0 Å². The average molecular weight is 311 g/mol. The van der Waals surface area contributed by atoms with Gasteiger partial charge in [0, 0.05) is 38.8 Å². The van der Waals surface area contributed by atoms with E-state index in [2.05, 4.69) is 22.5 Å². The van der Waals surface area contributed by atoms with E-state index in [1.54, 1.807) is 0 Å². The summed E-state index contributed by atoms with van der Waals surface area (Å²) in [5.41, 5.74) is 0.0621. The third kappa shape index (κ3) is 5.13. The van der Waals surface area contributed by atoms with E-state index in [-0.39, 0.29) is 12.0 Å². The second-order valence-electron chi connectivity index (χ2n) is 7.21. The molecular weight excluding hydrogens is 278 g/mol. The standard InChI is InChI=1S/C17H33N3O2/c1-14-3-5-15(6-4-14)11-19-16(18-2)20-12-17(7-9-21)8-10-22-13-17/h14-15,21H,3-13H2,1-2H3,(H2,18,19,20). The van der Waals surface area contributed by atoms with Gasteiger partial charge >= 0.3 is 0 Å². The zero-order valence-corrected chi connectivity index (χ0v) is 14.2. The molecule has 22 heavy (non-hydrogen) atoms. The maximum absolute atomic E-state index is 9.28. The van der Waals surface area contributed by atoms with Gasteiger partial charge in [0.05, 0.1) is 6.61 Å². The molecule has 1 aliphatic carbocycles. The van der Waals surface area contributed by atoms with Crippen LogP contribution < -0.4 is 10.6 Å². The number of aliphatic imine (C=N–C) groups is 1. The molecule has 0 bridgehead atoms. The fourth-order valence-corrected chi connectivity index (χ4v) is 3.58. The minimum Gasteiger partial charge on any atom is -0.396 e. The van der Waals surface area contributed by atoms with Gasteiger partial charge in [-0.2, -0.15) is 0 Å². The molecule has 0 aromatic rings. The van der Waals surface area contributed by atoms with Crippen molar-refractivity contribution in [2.75, 3.05) is 40.0 Å². The molecule has 0 aromatic carbocycles. The number of hydrogen-bond donors (Lipinski definition) is 3. The number of aliphatic hydroxyl groups excluding tert-OH is 1. The van der Waals surface area contributed by atoms with Crippen molar-refractivity contribution >= 4 is 5.96 Å². The number of rotatable bonds is 6. The predicted molar refractivity (Wildman–Crippen MR) is 90.1 cm³/mol. The van der Waals surface area contributed by atoms with Gasteiger partial charge in [-0.3, -0.25) is 4.99 Å². The van der Waals surface area contributed by atoms with E-state index in [0.29, 0.717) is 0 Å². The molecule has 3 N–H and O–H groups in total. The van der Waals surface area contributed by atoms with Gasteiger partial charge < -0.3 is 20.5 Å². The van der Waals surface area contributed by atoms with Gasteiger partial charge in [-0.25, -0.2) is 0 Å². The molecule has 1 saturated carbocycles. The summed E-state index contributed by atoms with van der Waals surface area (Å²) in [5, 5.41) is 16.2. The van der Waals surface area contributed by atoms with Crippen LogP contribution in [0.1, 0.15) is 45.4 Å². The highest BCUT2D eigenvalue weighted by Gasteiger charge is 2.34. The molecular formula is C17H33N3O2. The Labute approximate surface area is 134 Å². The van der Waals surface area contributed by atoms with Crippen LogP contribution in [0.15, 0.2) is 4.99 Å². The molecule has 2 aliphatic rings. The second kappa shape index (κ2) is 8.73. The van der Waals surface area contributed by atoms with Crippen LogP contribution in [-0.2, 0) is 4.74 Å². The Balaban J connectivity index is 1.72. The number of ether oxygens (including phenoxy) is 1. The van der Waals surface area contributed by atoms with Crippen LogP contribution in [0.2, 0.25) is 0 Å². The van der Waals surface area contributed by atoms with Crippen LogP contribution in [0.25, 0.3) is 0 Å². The molecule has 128 valence electrons. The zero-order chi connectivity index (χ0) is 15.8. The van der Waals surface area contributed by atoms with Crippen LogP contribution in [0.4, 0.5) is 0 Å². The van der Waals surface area contributed by atoms with Crippen molar-refractivity contribution in [3.05, 3.63) is 0 Å². The lowest BCUT2D eigenvalue weighted by atomic mass is 9.83. The van der Waals surface area contributed by atoms with Crippen molar-refractivity contribution in [2.45, 2.75) is 45.4 Å². The van der Waals surface area contributed by atoms with Crippen molar-refractivity contribution in [3.63, 3.8) is 0 Å². The van der Waals surface area contributed by atoms with E-state index in [1.807, 2.05) is 7.05 Å². The molecule has 5 nitrogen and oxygen atoms in total. The normalized spacial score (nSPS) is 33.0. The Morgan fingerprint density at radius 1 is 1.27 bits per heavy atom. The van der Waals surface area contributed by atoms with Crippen LogP contribution in [0.3, 0.4) is 0 Å². The summed E-state index contributed by atoms with van der Waals surface area (Å²) in [5.74, 6) is 2.55. The van der Waals surface area contributed by atoms with E-state index in [0.717, 1.165) is 56.9 Å². The van der Waals surface area contributed by atoms with E-state index < -0.39 is 0 Å². The minimum absolute atomic E-state index is 0.0621. The van der Waals surface area contributed by atoms with E-state index in [9.17, 15) is 5.11 Å². The van der Waals surface area contributed by atoms with Crippen molar-refractivity contribution < 1.29 is 9.84 Å². The van der Waals surface area contributed by atoms with Crippen LogP contribution in [0.5, 0.6) is 0 Å². The molecule has 1 unspecified atom stereocenters. The molecule has 5 heteroatoms. The van der Waals surface area contributed by atoms with Crippen LogP contribution >= 0.6 is 0 Å². The summed E-state index contributed by atoms with van der Waals surface area (Å²) >= 11 is 0. The first-order valence-electron chi connectivity index (χ1n) is 8.80. The highest BCUT2D eigenvalue weighted by atomic mass is 16.5. The zero-order valence-electron chi connectivity index (χ0n) is 14.2. The predicted octanol–water partition coefficient (Wildman–Crippen LogP) is 1.77. The molecule has 1 saturated heterocycles. The Morgan fingerprint density at radius 2 is 2.05 bits per heavy atom. The molecule has 1 heterocycles. The van der Waals surface area contributed by atoms with Crippen molar-refractivity contribution in [3.8, 4) is 0 Å². The maximum Gasteiger partial charge on any atom is 0.191 e. The number of guanidine groups is 1. The summed E-state index contributed by atoms with van der Waals surface area (Å²) in [7, 11) is 1.82. The Hall–Kier alpha value is -0.810. The van der Waals surface area contributed by atoms with Gasteiger partial charge in [0.25, 0.3) is 0 Å². The quantitative estimate of drug-likeness (QED) is 0.517. The van der Waals surface area contributed by atoms with Gasteiger partial charge in [0.15, 0.2) is 5.96 Å². The Bertz CT molecular complexity index is 346. The smallest absolute Gasteiger partial charge is 0.191 e. The molecule has 2 rings (SSSR count). The Morgan fingerprint density at radius 3 is 2.64 bits per heavy atom. The first-order valence-corrected chi connectivity index (χ1v) is 8.80. The van der Waals surface area contributed by atoms with E-state index in [1.165, 1.54) is 25.7 Å². The number of hydrogen-bond acceptors (Lipinski definition) is 3. The molecule has 1 aliphatic heterocycles. The third-order valence-electron chi connectivity index (χ3n) is 5.38. The van der Waals surface area contributed by atoms with Crippen molar-refractivity contribution in [1.82, 2.24) is 10.6 Å². The van der Waals surface area contributed by atoms with Crippen LogP contribution in [0, 0.1) is 17.3 Å². The van der Waals surface area contributed by atoms with Crippen molar-refractivity contribution in [2.24, 2.45) is 22.2 Å². The van der Waals surface area contributed by atoms with Gasteiger partial charge in [-0.15, -0.1) is 0 Å².